The van der Waals surface area contributed by atoms with Crippen LogP contribution in [0.15, 0.2) is 0 Å². The molecule has 0 aliphatic heterocycles. The van der Waals surface area contributed by atoms with Crippen LogP contribution in [-0.4, -0.2) is 22.9 Å². The molecule has 1 aromatic rings. The van der Waals surface area contributed by atoms with E-state index in [-0.39, 0.29) is 0 Å². The molecule has 0 aromatic carbocycles. The summed E-state index contributed by atoms with van der Waals surface area (Å²) in [5.74, 6) is 0.635. The highest BCUT2D eigenvalue weighted by atomic mass is 35.5. The maximum absolute atomic E-state index is 6.47. The summed E-state index contributed by atoms with van der Waals surface area (Å²) in [7, 11) is 0. The molecule has 1 unspecified atom stereocenters. The highest BCUT2D eigenvalue weighted by molar-refractivity contribution is 6.31. The lowest BCUT2D eigenvalue weighted by molar-refractivity contribution is 0.443. The Balaban J connectivity index is 2.75. The fraction of sp³-hybridized carbons (Fsp3) is 0.800. The molecular formula is C15H28ClN3. The van der Waals surface area contributed by atoms with Gasteiger partial charge in [0.15, 0.2) is 0 Å². The molecule has 1 heterocycles. The molecule has 0 saturated heterocycles. The monoisotopic (exact) mass is 285 g/mol. The lowest BCUT2D eigenvalue weighted by atomic mass is 9.99. The summed E-state index contributed by atoms with van der Waals surface area (Å²) in [6, 6.07) is 0. The van der Waals surface area contributed by atoms with E-state index in [2.05, 4.69) is 42.8 Å². The van der Waals surface area contributed by atoms with Gasteiger partial charge in [0.05, 0.1) is 16.4 Å². The Morgan fingerprint density at radius 2 is 2.00 bits per heavy atom. The van der Waals surface area contributed by atoms with Crippen LogP contribution in [0.1, 0.15) is 51.9 Å². The summed E-state index contributed by atoms with van der Waals surface area (Å²) in [6.45, 7) is 11.7. The third kappa shape index (κ3) is 4.50. The minimum Gasteiger partial charge on any atom is -0.316 e. The first-order valence-electron chi connectivity index (χ1n) is 7.62. The highest BCUT2D eigenvalue weighted by Gasteiger charge is 2.17. The van der Waals surface area contributed by atoms with Crippen LogP contribution >= 0.6 is 11.6 Å². The van der Waals surface area contributed by atoms with Crippen LogP contribution in [0.4, 0.5) is 0 Å². The fourth-order valence-corrected chi connectivity index (χ4v) is 2.68. The van der Waals surface area contributed by atoms with E-state index < -0.39 is 0 Å². The zero-order valence-corrected chi connectivity index (χ0v) is 13.6. The van der Waals surface area contributed by atoms with Crippen molar-refractivity contribution < 1.29 is 0 Å². The van der Waals surface area contributed by atoms with E-state index in [9.17, 15) is 0 Å². The van der Waals surface area contributed by atoms with Gasteiger partial charge in [-0.05, 0) is 45.2 Å². The normalized spacial score (nSPS) is 12.9. The van der Waals surface area contributed by atoms with Gasteiger partial charge in [0.2, 0.25) is 0 Å². The van der Waals surface area contributed by atoms with Gasteiger partial charge in [-0.2, -0.15) is 5.10 Å². The van der Waals surface area contributed by atoms with Crippen molar-refractivity contribution >= 4 is 11.6 Å². The molecule has 1 rings (SSSR count). The van der Waals surface area contributed by atoms with Crippen molar-refractivity contribution in [2.45, 2.75) is 59.9 Å². The second-order valence-corrected chi connectivity index (χ2v) is 5.44. The summed E-state index contributed by atoms with van der Waals surface area (Å²) >= 11 is 6.47. The van der Waals surface area contributed by atoms with Crippen LogP contribution in [0.3, 0.4) is 0 Å². The van der Waals surface area contributed by atoms with Gasteiger partial charge in [-0.25, -0.2) is 0 Å². The van der Waals surface area contributed by atoms with Crippen molar-refractivity contribution in [1.82, 2.24) is 15.1 Å². The van der Waals surface area contributed by atoms with Gasteiger partial charge >= 0.3 is 0 Å². The van der Waals surface area contributed by atoms with E-state index >= 15 is 0 Å². The van der Waals surface area contributed by atoms with Gasteiger partial charge in [0.1, 0.15) is 0 Å². The summed E-state index contributed by atoms with van der Waals surface area (Å²) < 4.78 is 2.07. The van der Waals surface area contributed by atoms with Crippen LogP contribution in [-0.2, 0) is 19.4 Å². The number of halogens is 1. The molecule has 0 fully saturated rings. The van der Waals surface area contributed by atoms with E-state index in [1.165, 1.54) is 18.5 Å². The predicted octanol–water partition coefficient (Wildman–Crippen LogP) is 3.69. The molecule has 1 atom stereocenters. The first-order chi connectivity index (χ1) is 9.17. The number of nitrogens with zero attached hydrogens (tertiary/aromatic N) is 2. The third-order valence-corrected chi connectivity index (χ3v) is 4.05. The number of hydrogen-bond donors (Lipinski definition) is 1. The number of hydrogen-bond acceptors (Lipinski definition) is 2. The van der Waals surface area contributed by atoms with Crippen molar-refractivity contribution in [1.29, 1.82) is 0 Å². The SMILES string of the molecule is CCCNCC(CC)Cc1c(Cl)c(CC)nn1CC. The van der Waals surface area contributed by atoms with Crippen molar-refractivity contribution in [3.63, 3.8) is 0 Å². The average molecular weight is 286 g/mol. The molecule has 0 amide bonds. The molecule has 3 nitrogen and oxygen atoms in total. The maximum Gasteiger partial charge on any atom is 0.0849 e. The topological polar surface area (TPSA) is 29.9 Å². The summed E-state index contributed by atoms with van der Waals surface area (Å²) in [5, 5.41) is 8.99. The van der Waals surface area contributed by atoms with Gasteiger partial charge in [-0.15, -0.1) is 0 Å². The molecule has 19 heavy (non-hydrogen) atoms. The van der Waals surface area contributed by atoms with Gasteiger partial charge in [-0.1, -0.05) is 38.8 Å². The lowest BCUT2D eigenvalue weighted by Gasteiger charge is -2.16. The van der Waals surface area contributed by atoms with E-state index in [4.69, 9.17) is 11.6 Å². The van der Waals surface area contributed by atoms with Crippen LogP contribution in [0.25, 0.3) is 0 Å². The Kier molecular flexibility index (Phi) is 7.47. The van der Waals surface area contributed by atoms with Crippen LogP contribution in [0.2, 0.25) is 5.02 Å². The number of rotatable bonds is 9. The summed E-state index contributed by atoms with van der Waals surface area (Å²) in [5.41, 5.74) is 2.25. The molecule has 1 N–H and O–H groups in total. The zero-order valence-electron chi connectivity index (χ0n) is 12.8. The molecule has 0 bridgehead atoms. The second kappa shape index (κ2) is 8.60. The van der Waals surface area contributed by atoms with E-state index in [0.29, 0.717) is 5.92 Å². The Labute approximate surface area is 122 Å². The minimum atomic E-state index is 0.635. The second-order valence-electron chi connectivity index (χ2n) is 5.06. The van der Waals surface area contributed by atoms with Crippen molar-refractivity contribution in [2.75, 3.05) is 13.1 Å². The zero-order chi connectivity index (χ0) is 14.3. The maximum atomic E-state index is 6.47. The van der Waals surface area contributed by atoms with Crippen LogP contribution in [0, 0.1) is 5.92 Å². The molecule has 1 aromatic heterocycles. The first kappa shape index (κ1) is 16.5. The molecule has 0 saturated carbocycles. The number of nitrogens with one attached hydrogen (secondary N) is 1. The molecule has 0 aliphatic carbocycles. The molecular weight excluding hydrogens is 258 g/mol. The quantitative estimate of drug-likeness (QED) is 0.701. The molecule has 0 radical (unpaired) electrons. The number of aryl methyl sites for hydroxylation is 2. The highest BCUT2D eigenvalue weighted by Crippen LogP contribution is 2.25. The first-order valence-corrected chi connectivity index (χ1v) is 8.00. The Hall–Kier alpha value is -0.540. The average Bonchev–Trinajstić information content (AvgIpc) is 2.74. The van der Waals surface area contributed by atoms with E-state index in [1.54, 1.807) is 0 Å². The standard InChI is InChI=1S/C15H28ClN3/c1-5-9-17-11-12(6-2)10-14-15(16)13(7-3)18-19(14)8-4/h12,17H,5-11H2,1-4H3. The Bertz CT molecular complexity index is 374. The van der Waals surface area contributed by atoms with Crippen LogP contribution < -0.4 is 5.32 Å². The van der Waals surface area contributed by atoms with Gasteiger partial charge < -0.3 is 5.32 Å². The van der Waals surface area contributed by atoms with Gasteiger partial charge in [0, 0.05) is 6.54 Å². The lowest BCUT2D eigenvalue weighted by Crippen LogP contribution is -2.25. The van der Waals surface area contributed by atoms with Crippen molar-refractivity contribution in [3.05, 3.63) is 16.4 Å². The van der Waals surface area contributed by atoms with Crippen LogP contribution in [0.5, 0.6) is 0 Å². The van der Waals surface area contributed by atoms with Gasteiger partial charge in [0.25, 0.3) is 0 Å². The van der Waals surface area contributed by atoms with Crippen molar-refractivity contribution in [2.24, 2.45) is 5.92 Å². The smallest absolute Gasteiger partial charge is 0.0849 e. The summed E-state index contributed by atoms with van der Waals surface area (Å²) in [6.07, 6.45) is 4.28. The third-order valence-electron chi connectivity index (χ3n) is 3.61. The Morgan fingerprint density at radius 1 is 1.26 bits per heavy atom. The predicted molar refractivity (Wildman–Crippen MR) is 82.9 cm³/mol. The number of aromatic nitrogens is 2. The molecule has 110 valence electrons. The fourth-order valence-electron chi connectivity index (χ4n) is 2.33. The molecule has 0 aliphatic rings. The van der Waals surface area contributed by atoms with E-state index in [0.717, 1.165) is 43.2 Å². The molecule has 0 spiro atoms. The van der Waals surface area contributed by atoms with Crippen molar-refractivity contribution in [3.8, 4) is 0 Å². The summed E-state index contributed by atoms with van der Waals surface area (Å²) in [4.78, 5) is 0. The largest absolute Gasteiger partial charge is 0.316 e. The van der Waals surface area contributed by atoms with E-state index in [1.807, 2.05) is 0 Å². The van der Waals surface area contributed by atoms with Gasteiger partial charge in [-0.3, -0.25) is 4.68 Å². The molecule has 4 heteroatoms. The Morgan fingerprint density at radius 3 is 2.53 bits per heavy atom. The minimum absolute atomic E-state index is 0.635.